The maximum absolute atomic E-state index is 11.7. The lowest BCUT2D eigenvalue weighted by atomic mass is 9.79. The second kappa shape index (κ2) is 18.3. The van der Waals surface area contributed by atoms with Crippen LogP contribution in [0.15, 0.2) is 164 Å². The van der Waals surface area contributed by atoms with Gasteiger partial charge in [0.25, 0.3) is 10.1 Å². The highest BCUT2D eigenvalue weighted by atomic mass is 79.9. The van der Waals surface area contributed by atoms with Crippen LogP contribution in [-0.4, -0.2) is 42.1 Å². The van der Waals surface area contributed by atoms with Crippen molar-refractivity contribution >= 4 is 104 Å². The van der Waals surface area contributed by atoms with E-state index in [4.69, 9.17) is 0 Å². The van der Waals surface area contributed by atoms with E-state index in [0.29, 0.717) is 19.4 Å². The molecule has 0 spiro atoms. The van der Waals surface area contributed by atoms with E-state index < -0.39 is 10.1 Å². The van der Waals surface area contributed by atoms with Gasteiger partial charge in [0.1, 0.15) is 6.54 Å². The summed E-state index contributed by atoms with van der Waals surface area (Å²) in [5.74, 6) is -0.253. The average Bonchev–Trinajstić information content (AvgIpc) is 3.77. The first-order valence-corrected chi connectivity index (χ1v) is 26.7. The van der Waals surface area contributed by atoms with Gasteiger partial charge < -0.3 is 4.90 Å². The standard InChI is InChI=1S/C56H54Br2N2O3S2/c1-6-7-13-32-59-48-28-20-37-35-39(57)22-24-42(37)52(48)55(2,3)50(59)30-26-46-44-18-11-12-19-45(44)47(54(46)64-41-16-9-8-10-17-41)27-31-51-56(4,5)53-43-25-23-40(58)36-38(43)21-29-49(53)60(51)33-14-15-34-65(61,62)63/h8-12,16-31,35-36H,6-7,13-15,32-34H2,1-5H3/p+1. The van der Waals surface area contributed by atoms with E-state index in [1.165, 1.54) is 89.0 Å². The van der Waals surface area contributed by atoms with Crippen LogP contribution in [0.4, 0.5) is 11.4 Å². The number of unbranched alkanes of at least 4 members (excludes halogenated alkanes) is 3. The number of hydrogen-bond donors (Lipinski definition) is 1. The monoisotopic (exact) mass is 1030 g/mol. The van der Waals surface area contributed by atoms with Gasteiger partial charge in [-0.05, 0) is 143 Å². The van der Waals surface area contributed by atoms with Gasteiger partial charge in [0.2, 0.25) is 5.69 Å². The minimum absolute atomic E-state index is 0.242. The highest BCUT2D eigenvalue weighted by Crippen LogP contribution is 2.53. The van der Waals surface area contributed by atoms with Gasteiger partial charge in [-0.2, -0.15) is 13.0 Å². The van der Waals surface area contributed by atoms with E-state index in [1.54, 1.807) is 0 Å². The molecule has 9 rings (SSSR count). The van der Waals surface area contributed by atoms with Crippen LogP contribution in [0.3, 0.4) is 0 Å². The first-order valence-electron chi connectivity index (χ1n) is 22.7. The lowest BCUT2D eigenvalue weighted by molar-refractivity contribution is -0.438. The molecule has 0 unspecified atom stereocenters. The minimum Gasteiger partial charge on any atom is -0.344 e. The van der Waals surface area contributed by atoms with Crippen molar-refractivity contribution in [3.05, 3.63) is 181 Å². The smallest absolute Gasteiger partial charge is 0.264 e. The SMILES string of the molecule is CCCCC[N+]1=C(/C=C/C2=C(Sc3ccccc3)C(=C/C=C3/N(CCCCS(=O)(=O)O)c4ccc5cc(Br)ccc5c4C3(C)C)/c3ccccc32)C(C)(C)c2c1ccc1cc(Br)ccc21. The van der Waals surface area contributed by atoms with Crippen molar-refractivity contribution in [2.24, 2.45) is 0 Å². The Morgan fingerprint density at radius 1 is 0.708 bits per heavy atom. The molecule has 0 saturated heterocycles. The highest BCUT2D eigenvalue weighted by molar-refractivity contribution is 9.10. The molecule has 0 saturated carbocycles. The number of benzene rings is 6. The Labute approximate surface area is 405 Å². The molecule has 0 aromatic heterocycles. The summed E-state index contributed by atoms with van der Waals surface area (Å²) in [4.78, 5) is 4.75. The zero-order valence-corrected chi connectivity index (χ0v) is 42.5. The fourth-order valence-corrected chi connectivity index (χ4v) is 12.8. The number of rotatable bonds is 14. The Kier molecular flexibility index (Phi) is 12.8. The molecule has 1 aliphatic carbocycles. The number of halogens is 2. The Balaban J connectivity index is 1.20. The molecule has 9 heteroatoms. The second-order valence-corrected chi connectivity index (χ2v) is 22.9. The van der Waals surface area contributed by atoms with Crippen molar-refractivity contribution in [2.45, 2.75) is 82.4 Å². The normalized spacial score (nSPS) is 17.7. The van der Waals surface area contributed by atoms with Crippen LogP contribution >= 0.6 is 43.6 Å². The van der Waals surface area contributed by atoms with Crippen LogP contribution in [0.1, 0.15) is 89.0 Å². The summed E-state index contributed by atoms with van der Waals surface area (Å²) < 4.78 is 37.8. The van der Waals surface area contributed by atoms with Crippen LogP contribution in [-0.2, 0) is 20.9 Å². The molecular formula is C56H55Br2N2O3S2+. The molecule has 5 nitrogen and oxygen atoms in total. The molecule has 65 heavy (non-hydrogen) atoms. The maximum atomic E-state index is 11.7. The fourth-order valence-electron chi connectivity index (χ4n) is 10.4. The van der Waals surface area contributed by atoms with E-state index in [9.17, 15) is 13.0 Å². The molecule has 0 amide bonds. The van der Waals surface area contributed by atoms with Crippen molar-refractivity contribution < 1.29 is 17.5 Å². The molecule has 0 atom stereocenters. The first kappa shape index (κ1) is 45.6. The molecule has 332 valence electrons. The van der Waals surface area contributed by atoms with E-state index in [2.05, 4.69) is 216 Å². The van der Waals surface area contributed by atoms with Gasteiger partial charge in [0.15, 0.2) is 5.71 Å². The van der Waals surface area contributed by atoms with Gasteiger partial charge in [0, 0.05) is 66.2 Å². The molecule has 6 aromatic rings. The number of fused-ring (bicyclic) bond motifs is 7. The summed E-state index contributed by atoms with van der Waals surface area (Å²) in [6.07, 6.45) is 13.9. The number of nitrogens with zero attached hydrogens (tertiary/aromatic N) is 2. The highest BCUT2D eigenvalue weighted by Gasteiger charge is 2.46. The maximum Gasteiger partial charge on any atom is 0.264 e. The van der Waals surface area contributed by atoms with Gasteiger partial charge in [-0.15, -0.1) is 0 Å². The largest absolute Gasteiger partial charge is 0.344 e. The topological polar surface area (TPSA) is 60.6 Å². The fraction of sp³-hybridized carbons (Fsp3) is 0.268. The van der Waals surface area contributed by atoms with Gasteiger partial charge in [-0.1, -0.05) is 138 Å². The Morgan fingerprint density at radius 3 is 2.06 bits per heavy atom. The van der Waals surface area contributed by atoms with Crippen LogP contribution in [0.5, 0.6) is 0 Å². The number of anilines is 1. The van der Waals surface area contributed by atoms with Gasteiger partial charge in [-0.25, -0.2) is 0 Å². The second-order valence-electron chi connectivity index (χ2n) is 18.5. The first-order chi connectivity index (χ1) is 31.2. The molecular weight excluding hydrogens is 973 g/mol. The molecule has 6 aromatic carbocycles. The Hall–Kier alpha value is -4.51. The summed E-state index contributed by atoms with van der Waals surface area (Å²) in [6, 6.07) is 41.6. The summed E-state index contributed by atoms with van der Waals surface area (Å²) in [7, 11) is -4.05. The third kappa shape index (κ3) is 8.80. The number of hydrogen-bond acceptors (Lipinski definition) is 4. The summed E-state index contributed by atoms with van der Waals surface area (Å²) in [5.41, 5.74) is 11.7. The van der Waals surface area contributed by atoms with Gasteiger partial charge >= 0.3 is 0 Å². The van der Waals surface area contributed by atoms with Crippen molar-refractivity contribution in [3.63, 3.8) is 0 Å². The molecule has 2 heterocycles. The van der Waals surface area contributed by atoms with Crippen LogP contribution < -0.4 is 4.90 Å². The van der Waals surface area contributed by atoms with Gasteiger partial charge in [0.05, 0.1) is 11.2 Å². The third-order valence-electron chi connectivity index (χ3n) is 13.4. The zero-order valence-electron chi connectivity index (χ0n) is 37.7. The summed E-state index contributed by atoms with van der Waals surface area (Å²) in [6.45, 7) is 13.2. The van der Waals surface area contributed by atoms with Crippen molar-refractivity contribution in [3.8, 4) is 0 Å². The molecule has 0 bridgehead atoms. The van der Waals surface area contributed by atoms with Crippen LogP contribution in [0, 0.1) is 0 Å². The molecule has 1 N–H and O–H groups in total. The van der Waals surface area contributed by atoms with E-state index >= 15 is 0 Å². The lowest BCUT2D eigenvalue weighted by Crippen LogP contribution is -2.28. The number of thioether (sulfide) groups is 1. The van der Waals surface area contributed by atoms with Gasteiger partial charge in [-0.3, -0.25) is 4.55 Å². The predicted molar refractivity (Wildman–Crippen MR) is 283 cm³/mol. The number of allylic oxidation sites excluding steroid dienone is 7. The molecule has 0 fully saturated rings. The van der Waals surface area contributed by atoms with Crippen molar-refractivity contribution in [2.75, 3.05) is 23.7 Å². The Bertz CT molecular complexity index is 3140. The van der Waals surface area contributed by atoms with E-state index in [-0.39, 0.29) is 16.6 Å². The molecule has 3 aliphatic rings. The lowest BCUT2D eigenvalue weighted by Gasteiger charge is -2.27. The zero-order chi connectivity index (χ0) is 45.7. The predicted octanol–water partition coefficient (Wildman–Crippen LogP) is 15.6. The minimum atomic E-state index is -4.05. The van der Waals surface area contributed by atoms with Crippen LogP contribution in [0.25, 0.3) is 32.7 Å². The van der Waals surface area contributed by atoms with E-state index in [0.717, 1.165) is 33.3 Å². The molecule has 0 radical (unpaired) electrons. The Morgan fingerprint density at radius 2 is 1.37 bits per heavy atom. The summed E-state index contributed by atoms with van der Waals surface area (Å²) >= 11 is 9.22. The molecule has 2 aliphatic heterocycles. The van der Waals surface area contributed by atoms with Crippen molar-refractivity contribution in [1.29, 1.82) is 0 Å². The van der Waals surface area contributed by atoms with Crippen LogP contribution in [0.2, 0.25) is 0 Å². The quantitative estimate of drug-likeness (QED) is 0.0669. The average molecular weight is 1030 g/mol. The van der Waals surface area contributed by atoms with Crippen molar-refractivity contribution in [1.82, 2.24) is 0 Å². The summed E-state index contributed by atoms with van der Waals surface area (Å²) in [5, 5.41) is 4.91. The van der Waals surface area contributed by atoms with E-state index in [1.807, 2.05) is 11.8 Å². The third-order valence-corrected chi connectivity index (χ3v) is 16.4.